The van der Waals surface area contributed by atoms with Gasteiger partial charge in [0.2, 0.25) is 11.8 Å². The van der Waals surface area contributed by atoms with Crippen molar-refractivity contribution in [2.24, 2.45) is 4.99 Å². The quantitative estimate of drug-likeness (QED) is 0.332. The van der Waals surface area contributed by atoms with Crippen LogP contribution in [-0.4, -0.2) is 75.8 Å². The third kappa shape index (κ3) is 5.31. The summed E-state index contributed by atoms with van der Waals surface area (Å²) >= 11 is 0. The molecule has 4 rings (SSSR count). The number of hydrogen-bond donors (Lipinski definition) is 2. The van der Waals surface area contributed by atoms with Gasteiger partial charge in [0.25, 0.3) is 0 Å². The molecular formula is C19H28N6O8S. The Bertz CT molecular complexity index is 1110. The zero-order valence-corrected chi connectivity index (χ0v) is 20.2. The van der Waals surface area contributed by atoms with Crippen LogP contribution in [0.5, 0.6) is 0 Å². The molecule has 2 N–H and O–H groups in total. The first-order chi connectivity index (χ1) is 15.8. The number of rotatable bonds is 6. The number of fused-ring (bicyclic) bond motifs is 2. The lowest BCUT2D eigenvalue weighted by molar-refractivity contribution is -0.0317. The van der Waals surface area contributed by atoms with Crippen molar-refractivity contribution in [1.29, 1.82) is 0 Å². The van der Waals surface area contributed by atoms with Gasteiger partial charge < -0.3 is 14.1 Å². The molecule has 1 aliphatic carbocycles. The van der Waals surface area contributed by atoms with Gasteiger partial charge in [0.15, 0.2) is 0 Å². The van der Waals surface area contributed by atoms with Gasteiger partial charge in [-0.1, -0.05) is 0 Å². The molecule has 34 heavy (non-hydrogen) atoms. The number of carbonyl (C=O) groups is 2. The van der Waals surface area contributed by atoms with Crippen molar-refractivity contribution in [2.75, 3.05) is 13.1 Å². The maximum atomic E-state index is 12.6. The van der Waals surface area contributed by atoms with Crippen LogP contribution < -0.4 is 5.32 Å². The van der Waals surface area contributed by atoms with Crippen molar-refractivity contribution in [3.63, 3.8) is 0 Å². The molecular weight excluding hydrogens is 472 g/mol. The number of nitrogens with one attached hydrogen (secondary N) is 1. The molecule has 1 aromatic rings. The van der Waals surface area contributed by atoms with E-state index in [1.165, 1.54) is 4.90 Å². The SMILES string of the molecule is CC(=NCC1(c2nnc([C@@H]3CC[C@@H]4CN3C(=O)N4OS(=O)(=O)O)o2)CC1)NC(=O)OC(C)(C)C. The Hall–Kier alpha value is -2.78. The number of aliphatic imine (C=N–C) groups is 1. The fourth-order valence-electron chi connectivity index (χ4n) is 4.02. The maximum absolute atomic E-state index is 12.6. The number of carbonyl (C=O) groups excluding carboxylic acids is 2. The minimum absolute atomic E-state index is 0.210. The van der Waals surface area contributed by atoms with Gasteiger partial charge in [0.05, 0.1) is 18.0 Å². The smallest absolute Gasteiger partial charge is 0.418 e. The molecule has 2 bridgehead atoms. The number of amides is 3. The maximum Gasteiger partial charge on any atom is 0.418 e. The Balaban J connectivity index is 1.41. The lowest BCUT2D eigenvalue weighted by Gasteiger charge is -2.27. The molecule has 0 spiro atoms. The van der Waals surface area contributed by atoms with Crippen molar-refractivity contribution < 1.29 is 36.0 Å². The van der Waals surface area contributed by atoms with E-state index in [1.54, 1.807) is 27.7 Å². The Morgan fingerprint density at radius 2 is 2.03 bits per heavy atom. The van der Waals surface area contributed by atoms with Crippen molar-refractivity contribution in [3.05, 3.63) is 11.8 Å². The highest BCUT2D eigenvalue weighted by Crippen LogP contribution is 2.48. The third-order valence-corrected chi connectivity index (χ3v) is 6.18. The summed E-state index contributed by atoms with van der Waals surface area (Å²) in [4.78, 5) is 30.3. The molecule has 1 aromatic heterocycles. The second-order valence-corrected chi connectivity index (χ2v) is 10.8. The van der Waals surface area contributed by atoms with E-state index in [-0.39, 0.29) is 12.4 Å². The van der Waals surface area contributed by atoms with Crippen molar-refractivity contribution >= 4 is 28.4 Å². The van der Waals surface area contributed by atoms with Gasteiger partial charge in [-0.15, -0.1) is 14.5 Å². The first-order valence-electron chi connectivity index (χ1n) is 10.9. The fraction of sp³-hybridized carbons (Fsp3) is 0.737. The number of aromatic nitrogens is 2. The predicted octanol–water partition coefficient (Wildman–Crippen LogP) is 1.72. The average Bonchev–Trinajstić information content (AvgIpc) is 3.27. The van der Waals surface area contributed by atoms with Crippen LogP contribution in [-0.2, 0) is 24.8 Å². The van der Waals surface area contributed by atoms with Gasteiger partial charge >= 0.3 is 22.5 Å². The summed E-state index contributed by atoms with van der Waals surface area (Å²) in [5.74, 6) is 1.05. The average molecular weight is 501 g/mol. The van der Waals surface area contributed by atoms with Crippen LogP contribution in [0.15, 0.2) is 9.41 Å². The van der Waals surface area contributed by atoms with E-state index in [0.29, 0.717) is 36.2 Å². The monoisotopic (exact) mass is 500 g/mol. The van der Waals surface area contributed by atoms with E-state index in [0.717, 1.165) is 12.8 Å². The highest BCUT2D eigenvalue weighted by molar-refractivity contribution is 7.80. The van der Waals surface area contributed by atoms with Crippen LogP contribution in [0, 0.1) is 0 Å². The van der Waals surface area contributed by atoms with Crippen LogP contribution >= 0.6 is 0 Å². The zero-order valence-electron chi connectivity index (χ0n) is 19.3. The Morgan fingerprint density at radius 3 is 2.65 bits per heavy atom. The number of amidine groups is 1. The summed E-state index contributed by atoms with van der Waals surface area (Å²) in [6.45, 7) is 7.52. The first-order valence-corrected chi connectivity index (χ1v) is 12.2. The normalized spacial score (nSPS) is 24.4. The van der Waals surface area contributed by atoms with E-state index >= 15 is 0 Å². The van der Waals surface area contributed by atoms with E-state index in [9.17, 15) is 18.0 Å². The third-order valence-electron chi connectivity index (χ3n) is 5.83. The van der Waals surface area contributed by atoms with Crippen LogP contribution in [0.25, 0.3) is 0 Å². The van der Waals surface area contributed by atoms with Crippen LogP contribution in [0.1, 0.15) is 71.2 Å². The molecule has 3 aliphatic rings. The minimum atomic E-state index is -4.82. The Kier molecular flexibility index (Phi) is 6.06. The van der Waals surface area contributed by atoms with Gasteiger partial charge in [-0.05, 0) is 53.4 Å². The second kappa shape index (κ2) is 8.46. The Morgan fingerprint density at radius 1 is 1.32 bits per heavy atom. The summed E-state index contributed by atoms with van der Waals surface area (Å²) < 4.78 is 46.7. The van der Waals surface area contributed by atoms with E-state index in [4.69, 9.17) is 13.7 Å². The molecule has 3 amide bonds. The van der Waals surface area contributed by atoms with E-state index in [2.05, 4.69) is 24.8 Å². The fourth-order valence-corrected chi connectivity index (χ4v) is 4.41. The number of hydroxylamine groups is 2. The number of hydrogen-bond acceptors (Lipinski definition) is 10. The van der Waals surface area contributed by atoms with E-state index < -0.39 is 45.6 Å². The first kappa shape index (κ1) is 24.3. The summed E-state index contributed by atoms with van der Waals surface area (Å²) in [7, 11) is -4.82. The topological polar surface area (TPSA) is 177 Å². The summed E-state index contributed by atoms with van der Waals surface area (Å²) in [6.07, 6.45) is 1.88. The number of nitrogens with zero attached hydrogens (tertiary/aromatic N) is 5. The van der Waals surface area contributed by atoms with Crippen LogP contribution in [0.4, 0.5) is 9.59 Å². The summed E-state index contributed by atoms with van der Waals surface area (Å²) in [6, 6.07) is -1.73. The molecule has 1 saturated carbocycles. The molecule has 14 nitrogen and oxygen atoms in total. The highest BCUT2D eigenvalue weighted by atomic mass is 32.3. The summed E-state index contributed by atoms with van der Waals surface area (Å²) in [5, 5.41) is 11.6. The van der Waals surface area contributed by atoms with Crippen molar-refractivity contribution in [1.82, 2.24) is 25.5 Å². The number of alkyl carbamates (subject to hydrolysis) is 1. The molecule has 15 heteroatoms. The summed E-state index contributed by atoms with van der Waals surface area (Å²) in [5.41, 5.74) is -1.05. The molecule has 2 atom stereocenters. The number of ether oxygens (including phenoxy) is 1. The standard InChI is InChI=1S/C19H28N6O8S/c1-11(21-16(26)32-18(2,3)4)20-10-19(7-8-19)15-23-22-14(31-15)13-6-5-12-9-24(13)17(27)25(12)33-34(28,29)30/h12-13H,5-10H2,1-4H3,(H,20,21,26)(H,28,29,30)/t12-,13+/m1/s1. The molecule has 0 unspecified atom stereocenters. The molecule has 2 saturated heterocycles. The van der Waals surface area contributed by atoms with Gasteiger partial charge in [-0.25, -0.2) is 9.59 Å². The molecule has 2 aliphatic heterocycles. The van der Waals surface area contributed by atoms with Crippen molar-refractivity contribution in [2.45, 2.75) is 76.5 Å². The second-order valence-electron chi connectivity index (χ2n) is 9.76. The number of piperidine rings is 1. The molecule has 0 aromatic carbocycles. The Labute approximate surface area is 196 Å². The van der Waals surface area contributed by atoms with E-state index in [1.807, 2.05) is 0 Å². The molecule has 188 valence electrons. The molecule has 0 radical (unpaired) electrons. The largest absolute Gasteiger partial charge is 0.444 e. The van der Waals surface area contributed by atoms with Gasteiger partial charge in [-0.2, -0.15) is 13.5 Å². The van der Waals surface area contributed by atoms with Gasteiger partial charge in [0, 0.05) is 6.54 Å². The predicted molar refractivity (Wildman–Crippen MR) is 115 cm³/mol. The van der Waals surface area contributed by atoms with Crippen LogP contribution in [0.3, 0.4) is 0 Å². The van der Waals surface area contributed by atoms with Crippen molar-refractivity contribution in [3.8, 4) is 0 Å². The van der Waals surface area contributed by atoms with Crippen LogP contribution in [0.2, 0.25) is 0 Å². The minimum Gasteiger partial charge on any atom is -0.444 e. The lowest BCUT2D eigenvalue weighted by atomic mass is 10.0. The highest BCUT2D eigenvalue weighted by Gasteiger charge is 2.52. The lowest BCUT2D eigenvalue weighted by Crippen LogP contribution is -2.35. The van der Waals surface area contributed by atoms with Gasteiger partial charge in [0.1, 0.15) is 17.5 Å². The molecule has 3 heterocycles. The van der Waals surface area contributed by atoms with Gasteiger partial charge in [-0.3, -0.25) is 14.9 Å². The zero-order chi connectivity index (χ0) is 24.9. The molecule has 3 fully saturated rings. The number of urea groups is 1.